The largest absolute Gasteiger partial charge is 0.338 e. The van der Waals surface area contributed by atoms with Gasteiger partial charge >= 0.3 is 0 Å². The van der Waals surface area contributed by atoms with Gasteiger partial charge in [0.1, 0.15) is 10.7 Å². The zero-order valence-electron chi connectivity index (χ0n) is 12.3. The van der Waals surface area contributed by atoms with Gasteiger partial charge in [0, 0.05) is 19.3 Å². The van der Waals surface area contributed by atoms with Gasteiger partial charge in [0.25, 0.3) is 5.91 Å². The summed E-state index contributed by atoms with van der Waals surface area (Å²) >= 11 is 7.19. The van der Waals surface area contributed by atoms with Crippen molar-refractivity contribution in [3.05, 3.63) is 33.9 Å². The minimum Gasteiger partial charge on any atom is -0.338 e. The van der Waals surface area contributed by atoms with Crippen LogP contribution in [0.2, 0.25) is 5.02 Å². The molecule has 0 bridgehead atoms. The number of nitrogens with zero attached hydrogens (tertiary/aromatic N) is 3. The molecule has 0 radical (unpaired) electrons. The molecule has 22 heavy (non-hydrogen) atoms. The number of likely N-dealkylation sites (tertiary alicyclic amines) is 1. The molecule has 1 saturated heterocycles. The van der Waals surface area contributed by atoms with Crippen molar-refractivity contribution in [1.82, 2.24) is 14.9 Å². The van der Waals surface area contributed by atoms with E-state index in [0.717, 1.165) is 31.6 Å². The van der Waals surface area contributed by atoms with E-state index in [-0.39, 0.29) is 5.91 Å². The summed E-state index contributed by atoms with van der Waals surface area (Å²) in [5.41, 5.74) is 0.761. The standard InChI is InChI=1S/C15H17ClN4OS/c1-10-13(14(21)20-7-3-2-4-8-20)22-15(18-10)19-12-6-5-11(16)9-17-12/h5-6,9H,2-4,7-8H2,1H3,(H,17,18,19). The van der Waals surface area contributed by atoms with E-state index in [4.69, 9.17) is 11.6 Å². The normalized spacial score (nSPS) is 14.9. The van der Waals surface area contributed by atoms with Crippen LogP contribution in [0, 0.1) is 6.92 Å². The third-order valence-electron chi connectivity index (χ3n) is 3.60. The fourth-order valence-electron chi connectivity index (χ4n) is 2.45. The van der Waals surface area contributed by atoms with Crippen LogP contribution in [0.15, 0.2) is 18.3 Å². The molecule has 0 aliphatic carbocycles. The Morgan fingerprint density at radius 2 is 2.09 bits per heavy atom. The lowest BCUT2D eigenvalue weighted by Crippen LogP contribution is -2.35. The highest BCUT2D eigenvalue weighted by Gasteiger charge is 2.23. The predicted molar refractivity (Wildman–Crippen MR) is 89.1 cm³/mol. The molecule has 3 rings (SSSR count). The Hall–Kier alpha value is -1.66. The Morgan fingerprint density at radius 3 is 2.77 bits per heavy atom. The van der Waals surface area contributed by atoms with Crippen molar-refractivity contribution in [2.45, 2.75) is 26.2 Å². The monoisotopic (exact) mass is 336 g/mol. The highest BCUT2D eigenvalue weighted by Crippen LogP contribution is 2.27. The number of piperidine rings is 1. The van der Waals surface area contributed by atoms with Crippen LogP contribution in [0.3, 0.4) is 0 Å². The van der Waals surface area contributed by atoms with Gasteiger partial charge in [-0.3, -0.25) is 4.79 Å². The maximum absolute atomic E-state index is 12.6. The van der Waals surface area contributed by atoms with Crippen molar-refractivity contribution in [3.63, 3.8) is 0 Å². The highest BCUT2D eigenvalue weighted by atomic mass is 35.5. The lowest BCUT2D eigenvalue weighted by atomic mass is 10.1. The van der Waals surface area contributed by atoms with Crippen LogP contribution in [0.5, 0.6) is 0 Å². The van der Waals surface area contributed by atoms with Gasteiger partial charge in [-0.25, -0.2) is 9.97 Å². The molecule has 1 N–H and O–H groups in total. The summed E-state index contributed by atoms with van der Waals surface area (Å²) < 4.78 is 0. The average molecular weight is 337 g/mol. The Bertz CT molecular complexity index is 665. The van der Waals surface area contributed by atoms with Crippen LogP contribution in [-0.2, 0) is 0 Å². The topological polar surface area (TPSA) is 58.1 Å². The van der Waals surface area contributed by atoms with Crippen LogP contribution in [-0.4, -0.2) is 33.9 Å². The number of anilines is 2. The first-order valence-electron chi connectivity index (χ1n) is 7.29. The number of nitrogens with one attached hydrogen (secondary N) is 1. The van der Waals surface area contributed by atoms with Crippen molar-refractivity contribution in [3.8, 4) is 0 Å². The second-order valence-electron chi connectivity index (χ2n) is 5.27. The fourth-order valence-corrected chi connectivity index (χ4v) is 3.50. The molecule has 116 valence electrons. The maximum atomic E-state index is 12.6. The third-order valence-corrected chi connectivity index (χ3v) is 4.88. The van der Waals surface area contributed by atoms with E-state index in [1.165, 1.54) is 17.8 Å². The molecule has 2 aromatic rings. The van der Waals surface area contributed by atoms with Gasteiger partial charge in [-0.1, -0.05) is 22.9 Å². The number of amides is 1. The van der Waals surface area contributed by atoms with Gasteiger partial charge in [0.15, 0.2) is 5.13 Å². The summed E-state index contributed by atoms with van der Waals surface area (Å²) in [6, 6.07) is 3.54. The minimum atomic E-state index is 0.0896. The predicted octanol–water partition coefficient (Wildman–Crippen LogP) is 3.87. The molecule has 7 heteroatoms. The van der Waals surface area contributed by atoms with Crippen LogP contribution in [0.25, 0.3) is 0 Å². The van der Waals surface area contributed by atoms with Gasteiger partial charge < -0.3 is 10.2 Å². The number of halogens is 1. The molecule has 1 amide bonds. The van der Waals surface area contributed by atoms with E-state index >= 15 is 0 Å². The first kappa shape index (κ1) is 15.2. The third kappa shape index (κ3) is 3.39. The summed E-state index contributed by atoms with van der Waals surface area (Å²) in [5, 5.41) is 4.38. The van der Waals surface area contributed by atoms with E-state index in [1.54, 1.807) is 18.3 Å². The van der Waals surface area contributed by atoms with Gasteiger partial charge in [-0.2, -0.15) is 0 Å². The Balaban J connectivity index is 1.75. The molecule has 1 aliphatic rings. The quantitative estimate of drug-likeness (QED) is 0.924. The van der Waals surface area contributed by atoms with Crippen molar-refractivity contribution >= 4 is 39.8 Å². The molecule has 0 aromatic carbocycles. The number of pyridine rings is 1. The van der Waals surface area contributed by atoms with Gasteiger partial charge in [0.2, 0.25) is 0 Å². The van der Waals surface area contributed by atoms with E-state index in [1.807, 2.05) is 11.8 Å². The number of rotatable bonds is 3. The second kappa shape index (κ2) is 6.62. The average Bonchev–Trinajstić information content (AvgIpc) is 2.90. The van der Waals surface area contributed by atoms with Gasteiger partial charge in [-0.05, 0) is 38.3 Å². The molecule has 5 nitrogen and oxygen atoms in total. The van der Waals surface area contributed by atoms with Crippen LogP contribution in [0.4, 0.5) is 10.9 Å². The van der Waals surface area contributed by atoms with Crippen LogP contribution < -0.4 is 5.32 Å². The van der Waals surface area contributed by atoms with E-state index in [0.29, 0.717) is 20.8 Å². The van der Waals surface area contributed by atoms with Crippen LogP contribution in [0.1, 0.15) is 34.6 Å². The van der Waals surface area contributed by atoms with Gasteiger partial charge in [0.05, 0.1) is 10.7 Å². The van der Waals surface area contributed by atoms with Crippen molar-refractivity contribution in [2.24, 2.45) is 0 Å². The second-order valence-corrected chi connectivity index (χ2v) is 6.71. The number of carbonyl (C=O) groups excluding carboxylic acids is 1. The molecule has 1 fully saturated rings. The molecule has 3 heterocycles. The minimum absolute atomic E-state index is 0.0896. The van der Waals surface area contributed by atoms with Crippen molar-refractivity contribution < 1.29 is 4.79 Å². The Kier molecular flexibility index (Phi) is 4.59. The molecule has 1 aliphatic heterocycles. The molecular formula is C15H17ClN4OS. The smallest absolute Gasteiger partial charge is 0.265 e. The molecule has 0 saturated carbocycles. The summed E-state index contributed by atoms with van der Waals surface area (Å²) in [7, 11) is 0. The first-order valence-corrected chi connectivity index (χ1v) is 8.48. The zero-order chi connectivity index (χ0) is 15.5. The summed E-state index contributed by atoms with van der Waals surface area (Å²) in [6.45, 7) is 3.56. The Labute approximate surface area is 138 Å². The van der Waals surface area contributed by atoms with E-state index < -0.39 is 0 Å². The molecule has 0 atom stereocenters. The summed E-state index contributed by atoms with van der Waals surface area (Å²) in [4.78, 5) is 23.8. The van der Waals surface area contributed by atoms with E-state index in [9.17, 15) is 4.79 Å². The number of hydrogen-bond acceptors (Lipinski definition) is 5. The molecule has 2 aromatic heterocycles. The van der Waals surface area contributed by atoms with Crippen LogP contribution >= 0.6 is 22.9 Å². The van der Waals surface area contributed by atoms with Gasteiger partial charge in [-0.15, -0.1) is 0 Å². The molecule has 0 unspecified atom stereocenters. The van der Waals surface area contributed by atoms with E-state index in [2.05, 4.69) is 15.3 Å². The maximum Gasteiger partial charge on any atom is 0.265 e. The zero-order valence-corrected chi connectivity index (χ0v) is 13.9. The number of carbonyl (C=O) groups is 1. The Morgan fingerprint density at radius 1 is 1.32 bits per heavy atom. The SMILES string of the molecule is Cc1nc(Nc2ccc(Cl)cn2)sc1C(=O)N1CCCCC1. The highest BCUT2D eigenvalue weighted by molar-refractivity contribution is 7.17. The summed E-state index contributed by atoms with van der Waals surface area (Å²) in [6.07, 6.45) is 4.96. The first-order chi connectivity index (χ1) is 10.6. The fraction of sp³-hybridized carbons (Fsp3) is 0.400. The number of aryl methyl sites for hydroxylation is 1. The number of hydrogen-bond donors (Lipinski definition) is 1. The summed E-state index contributed by atoms with van der Waals surface area (Å²) in [5.74, 6) is 0.752. The molecule has 0 spiro atoms. The van der Waals surface area contributed by atoms with Crippen molar-refractivity contribution in [1.29, 1.82) is 0 Å². The lowest BCUT2D eigenvalue weighted by Gasteiger charge is -2.26. The molecular weight excluding hydrogens is 320 g/mol. The van der Waals surface area contributed by atoms with Crippen molar-refractivity contribution in [2.75, 3.05) is 18.4 Å². The lowest BCUT2D eigenvalue weighted by molar-refractivity contribution is 0.0728. The number of thiazole rings is 1. The number of aromatic nitrogens is 2.